The van der Waals surface area contributed by atoms with Crippen molar-refractivity contribution < 1.29 is 28.9 Å². The van der Waals surface area contributed by atoms with Crippen LogP contribution in [0.4, 0.5) is 0 Å². The van der Waals surface area contributed by atoms with Gasteiger partial charge in [-0.3, -0.25) is 28.9 Å². The number of ketones is 1. The lowest BCUT2D eigenvalue weighted by Gasteiger charge is -2.18. The SMILES string of the molecule is CC(C)CNCC(=O)[C@@H](CCCCN)ONC(=O)c1cccc(C(=O)NO[C@H](CCCCN)C(=O)NCC(C)C)c1. The van der Waals surface area contributed by atoms with E-state index in [1.807, 2.05) is 27.7 Å². The highest BCUT2D eigenvalue weighted by atomic mass is 16.7. The number of rotatable bonds is 22. The van der Waals surface area contributed by atoms with Gasteiger partial charge in [-0.15, -0.1) is 0 Å². The number of hydroxylamine groups is 2. The van der Waals surface area contributed by atoms with Gasteiger partial charge >= 0.3 is 0 Å². The van der Waals surface area contributed by atoms with Crippen LogP contribution < -0.4 is 33.1 Å². The van der Waals surface area contributed by atoms with Crippen LogP contribution in [0.1, 0.15) is 86.9 Å². The molecule has 0 radical (unpaired) electrons. The fourth-order valence-electron chi connectivity index (χ4n) is 3.66. The Morgan fingerprint density at radius 3 is 1.78 bits per heavy atom. The second-order valence-corrected chi connectivity index (χ2v) is 10.9. The first-order valence-electron chi connectivity index (χ1n) is 14.5. The number of nitrogens with two attached hydrogens (primary N) is 2. The Morgan fingerprint density at radius 1 is 0.756 bits per heavy atom. The maximum absolute atomic E-state index is 12.8. The average Bonchev–Trinajstić information content (AvgIpc) is 2.94. The van der Waals surface area contributed by atoms with Gasteiger partial charge in [0.25, 0.3) is 17.7 Å². The normalized spacial score (nSPS) is 12.7. The van der Waals surface area contributed by atoms with E-state index in [9.17, 15) is 19.2 Å². The summed E-state index contributed by atoms with van der Waals surface area (Å²) in [6.45, 7) is 10.3. The van der Waals surface area contributed by atoms with Crippen molar-refractivity contribution >= 4 is 23.5 Å². The topological polar surface area (TPSA) is 187 Å². The van der Waals surface area contributed by atoms with Crippen LogP contribution in [0.5, 0.6) is 0 Å². The van der Waals surface area contributed by atoms with Gasteiger partial charge in [0.2, 0.25) is 0 Å². The van der Waals surface area contributed by atoms with Crippen LogP contribution in [0.15, 0.2) is 24.3 Å². The summed E-state index contributed by atoms with van der Waals surface area (Å²) in [5.41, 5.74) is 16.1. The number of carbonyl (C=O) groups excluding carboxylic acids is 4. The van der Waals surface area contributed by atoms with Crippen molar-refractivity contribution in [3.63, 3.8) is 0 Å². The number of nitrogens with one attached hydrogen (secondary N) is 4. The monoisotopic (exact) mass is 578 g/mol. The second kappa shape index (κ2) is 20.9. The van der Waals surface area contributed by atoms with Crippen LogP contribution in [0, 0.1) is 11.8 Å². The second-order valence-electron chi connectivity index (χ2n) is 10.9. The van der Waals surface area contributed by atoms with E-state index in [4.69, 9.17) is 21.1 Å². The smallest absolute Gasteiger partial charge is 0.274 e. The van der Waals surface area contributed by atoms with Crippen molar-refractivity contribution in [2.75, 3.05) is 32.7 Å². The van der Waals surface area contributed by atoms with Crippen LogP contribution >= 0.6 is 0 Å². The molecule has 0 heterocycles. The summed E-state index contributed by atoms with van der Waals surface area (Å²) in [5, 5.41) is 5.91. The van der Waals surface area contributed by atoms with Crippen molar-refractivity contribution in [1.29, 1.82) is 0 Å². The van der Waals surface area contributed by atoms with Gasteiger partial charge in [-0.1, -0.05) is 33.8 Å². The van der Waals surface area contributed by atoms with Gasteiger partial charge in [0, 0.05) is 17.7 Å². The van der Waals surface area contributed by atoms with E-state index >= 15 is 0 Å². The number of carbonyl (C=O) groups is 4. The molecule has 2 atom stereocenters. The van der Waals surface area contributed by atoms with Gasteiger partial charge in [0.05, 0.1) is 6.54 Å². The highest BCUT2D eigenvalue weighted by Gasteiger charge is 2.23. The predicted molar refractivity (Wildman–Crippen MR) is 157 cm³/mol. The van der Waals surface area contributed by atoms with Gasteiger partial charge in [0.1, 0.15) is 6.10 Å². The number of hydrogen-bond donors (Lipinski definition) is 6. The Bertz CT molecular complexity index is 942. The summed E-state index contributed by atoms with van der Waals surface area (Å²) in [5.74, 6) is -1.08. The van der Waals surface area contributed by atoms with Crippen molar-refractivity contribution in [3.05, 3.63) is 35.4 Å². The zero-order valence-electron chi connectivity index (χ0n) is 25.0. The molecule has 0 aliphatic carbocycles. The molecule has 3 amide bonds. The molecule has 0 aliphatic heterocycles. The number of Topliss-reactive ketones (excluding diaryl/α,β-unsaturated/α-hetero) is 1. The van der Waals surface area contributed by atoms with Crippen molar-refractivity contribution in [2.24, 2.45) is 23.3 Å². The van der Waals surface area contributed by atoms with Crippen LogP contribution in [0.3, 0.4) is 0 Å². The van der Waals surface area contributed by atoms with Gasteiger partial charge in [-0.05, 0) is 88.2 Å². The quantitative estimate of drug-likeness (QED) is 0.0877. The van der Waals surface area contributed by atoms with Gasteiger partial charge < -0.3 is 22.1 Å². The molecule has 12 heteroatoms. The molecule has 1 aromatic rings. The highest BCUT2D eigenvalue weighted by Crippen LogP contribution is 2.10. The minimum Gasteiger partial charge on any atom is -0.354 e. The molecule has 0 bridgehead atoms. The average molecular weight is 579 g/mol. The largest absolute Gasteiger partial charge is 0.354 e. The minimum atomic E-state index is -0.882. The highest BCUT2D eigenvalue weighted by molar-refractivity contribution is 5.99. The summed E-state index contributed by atoms with van der Waals surface area (Å²) in [4.78, 5) is 61.8. The van der Waals surface area contributed by atoms with E-state index in [2.05, 4.69) is 21.6 Å². The maximum atomic E-state index is 12.8. The summed E-state index contributed by atoms with van der Waals surface area (Å²) >= 11 is 0. The zero-order chi connectivity index (χ0) is 30.6. The molecule has 12 nitrogen and oxygen atoms in total. The fourth-order valence-corrected chi connectivity index (χ4v) is 3.66. The molecule has 1 aromatic carbocycles. The summed E-state index contributed by atoms with van der Waals surface area (Å²) in [7, 11) is 0. The van der Waals surface area contributed by atoms with E-state index in [1.54, 1.807) is 0 Å². The molecule has 0 spiro atoms. The van der Waals surface area contributed by atoms with Crippen LogP contribution in [-0.4, -0.2) is 68.4 Å². The summed E-state index contributed by atoms with van der Waals surface area (Å²) < 4.78 is 0. The van der Waals surface area contributed by atoms with Crippen LogP contribution in [-0.2, 0) is 19.3 Å². The Morgan fingerprint density at radius 2 is 1.27 bits per heavy atom. The molecule has 232 valence electrons. The first-order valence-corrected chi connectivity index (χ1v) is 14.5. The number of benzene rings is 1. The molecular formula is C29H50N6O6. The molecule has 1 rings (SSSR count). The molecule has 0 unspecified atom stereocenters. The molecule has 0 saturated heterocycles. The molecule has 0 aromatic heterocycles. The first-order chi connectivity index (χ1) is 19.6. The minimum absolute atomic E-state index is 0.125. The lowest BCUT2D eigenvalue weighted by atomic mass is 10.1. The molecule has 0 aliphatic rings. The van der Waals surface area contributed by atoms with Crippen molar-refractivity contribution in [2.45, 2.75) is 78.4 Å². The Balaban J connectivity index is 2.79. The lowest BCUT2D eigenvalue weighted by Crippen LogP contribution is -2.42. The fraction of sp³-hybridized carbons (Fsp3) is 0.655. The third-order valence-electron chi connectivity index (χ3n) is 6.00. The number of hydrogen-bond acceptors (Lipinski definition) is 9. The van der Waals surface area contributed by atoms with E-state index in [1.165, 1.54) is 24.3 Å². The van der Waals surface area contributed by atoms with Gasteiger partial charge in [-0.25, -0.2) is 11.0 Å². The van der Waals surface area contributed by atoms with E-state index in [0.29, 0.717) is 57.8 Å². The Kier molecular flexibility index (Phi) is 18.4. The lowest BCUT2D eigenvalue weighted by molar-refractivity contribution is -0.137. The standard InChI is InChI=1S/C29H50N6O6/c1-20(2)17-32-19-24(36)25(12-5-7-14-30)40-34-27(37)22-10-9-11-23(16-22)28(38)35-41-26(13-6-8-15-31)29(39)33-18-21(3)4/h9-11,16,20-21,25-26,32H,5-8,12-15,17-19,30-31H2,1-4H3,(H,33,39)(H,34,37)(H,35,38)/t25-,26-/m1/s1. The van der Waals surface area contributed by atoms with Crippen molar-refractivity contribution in [3.8, 4) is 0 Å². The third-order valence-corrected chi connectivity index (χ3v) is 6.00. The predicted octanol–water partition coefficient (Wildman–Crippen LogP) is 1.59. The molecule has 41 heavy (non-hydrogen) atoms. The molecular weight excluding hydrogens is 528 g/mol. The van der Waals surface area contributed by atoms with E-state index < -0.39 is 24.0 Å². The van der Waals surface area contributed by atoms with Gasteiger partial charge in [-0.2, -0.15) is 0 Å². The van der Waals surface area contributed by atoms with E-state index in [0.717, 1.165) is 12.8 Å². The summed E-state index contributed by atoms with van der Waals surface area (Å²) in [6.07, 6.45) is 1.87. The maximum Gasteiger partial charge on any atom is 0.274 e. The number of unbranched alkanes of at least 4 members (excludes halogenated alkanes) is 2. The zero-order valence-corrected chi connectivity index (χ0v) is 25.0. The molecule has 0 saturated carbocycles. The Labute approximate surface area is 243 Å². The third kappa shape index (κ3) is 15.6. The Hall–Kier alpha value is -2.90. The van der Waals surface area contributed by atoms with Crippen molar-refractivity contribution in [1.82, 2.24) is 21.6 Å². The molecule has 8 N–H and O–H groups in total. The summed E-state index contributed by atoms with van der Waals surface area (Å²) in [6, 6.07) is 5.94. The number of amides is 3. The van der Waals surface area contributed by atoms with Gasteiger partial charge in [0.15, 0.2) is 11.9 Å². The van der Waals surface area contributed by atoms with Crippen LogP contribution in [0.25, 0.3) is 0 Å². The molecule has 0 fully saturated rings. The first kappa shape index (κ1) is 36.1. The van der Waals surface area contributed by atoms with E-state index in [-0.39, 0.29) is 35.3 Å². The van der Waals surface area contributed by atoms with Crippen LogP contribution in [0.2, 0.25) is 0 Å².